The molecule has 3 rings (SSSR count). The second-order valence-electron chi connectivity index (χ2n) is 5.04. The van der Waals surface area contributed by atoms with Crippen LogP contribution in [0.4, 0.5) is 18.9 Å². The SMILES string of the molecule is O=C(COC(=O)c1cc2cc(F)ccc2s1)Nc1cc(F)ccc1F. The Labute approximate surface area is 143 Å². The Morgan fingerprint density at radius 3 is 2.52 bits per heavy atom. The molecule has 1 heterocycles. The summed E-state index contributed by atoms with van der Waals surface area (Å²) in [6.07, 6.45) is 0. The molecule has 1 aromatic heterocycles. The fourth-order valence-electron chi connectivity index (χ4n) is 2.10. The summed E-state index contributed by atoms with van der Waals surface area (Å²) in [6.45, 7) is -0.669. The number of hydrogen-bond donors (Lipinski definition) is 1. The molecule has 0 saturated heterocycles. The molecule has 2 aromatic carbocycles. The van der Waals surface area contributed by atoms with E-state index in [4.69, 9.17) is 4.74 Å². The first kappa shape index (κ1) is 17.0. The van der Waals surface area contributed by atoms with E-state index in [2.05, 4.69) is 5.32 Å². The van der Waals surface area contributed by atoms with Crippen molar-refractivity contribution < 1.29 is 27.5 Å². The average Bonchev–Trinajstić information content (AvgIpc) is 2.99. The molecular formula is C17H10F3NO3S. The quantitative estimate of drug-likeness (QED) is 0.708. The number of rotatable bonds is 4. The van der Waals surface area contributed by atoms with Crippen molar-refractivity contribution in [2.24, 2.45) is 0 Å². The number of carbonyl (C=O) groups excluding carboxylic acids is 2. The maximum absolute atomic E-state index is 13.4. The van der Waals surface area contributed by atoms with Gasteiger partial charge in [0.2, 0.25) is 0 Å². The molecule has 0 spiro atoms. The summed E-state index contributed by atoms with van der Waals surface area (Å²) in [5, 5.41) is 2.66. The van der Waals surface area contributed by atoms with E-state index in [1.165, 1.54) is 24.3 Å². The van der Waals surface area contributed by atoms with Crippen LogP contribution in [0.5, 0.6) is 0 Å². The Hall–Kier alpha value is -2.87. The molecule has 1 amide bonds. The first-order valence-corrected chi connectivity index (χ1v) is 7.85. The molecule has 0 aliphatic carbocycles. The normalized spacial score (nSPS) is 10.7. The predicted molar refractivity (Wildman–Crippen MR) is 87.1 cm³/mol. The van der Waals surface area contributed by atoms with Gasteiger partial charge in [0.1, 0.15) is 22.3 Å². The van der Waals surface area contributed by atoms with E-state index in [-0.39, 0.29) is 10.6 Å². The Balaban J connectivity index is 1.62. The Morgan fingerprint density at radius 2 is 1.72 bits per heavy atom. The minimum Gasteiger partial charge on any atom is -0.451 e. The van der Waals surface area contributed by atoms with Crippen LogP contribution in [-0.2, 0) is 9.53 Å². The third-order valence-electron chi connectivity index (χ3n) is 3.22. The number of amides is 1. The average molecular weight is 365 g/mol. The van der Waals surface area contributed by atoms with E-state index < -0.39 is 35.9 Å². The standard InChI is InChI=1S/C17H10F3NO3S/c18-10-2-4-14-9(5-10)6-15(25-14)17(23)24-8-16(22)21-13-7-11(19)1-3-12(13)20/h1-7H,8H2,(H,21,22). The third-order valence-corrected chi connectivity index (χ3v) is 4.31. The maximum Gasteiger partial charge on any atom is 0.348 e. The van der Waals surface area contributed by atoms with Crippen molar-refractivity contribution in [3.05, 3.63) is 64.8 Å². The van der Waals surface area contributed by atoms with Crippen LogP contribution >= 0.6 is 11.3 Å². The zero-order valence-corrected chi connectivity index (χ0v) is 13.3. The first-order chi connectivity index (χ1) is 11.9. The number of ether oxygens (including phenoxy) is 1. The lowest BCUT2D eigenvalue weighted by Crippen LogP contribution is -2.21. The van der Waals surface area contributed by atoms with Crippen LogP contribution in [0.1, 0.15) is 9.67 Å². The molecule has 3 aromatic rings. The van der Waals surface area contributed by atoms with Crippen LogP contribution in [0.15, 0.2) is 42.5 Å². The summed E-state index contributed by atoms with van der Waals surface area (Å²) in [5.41, 5.74) is -0.349. The zero-order valence-electron chi connectivity index (χ0n) is 12.5. The molecule has 0 radical (unpaired) electrons. The van der Waals surface area contributed by atoms with Crippen molar-refractivity contribution in [3.8, 4) is 0 Å². The fourth-order valence-corrected chi connectivity index (χ4v) is 3.03. The number of halogens is 3. The molecule has 1 N–H and O–H groups in total. The lowest BCUT2D eigenvalue weighted by atomic mass is 10.2. The molecule has 0 atom stereocenters. The Morgan fingerprint density at radius 1 is 1.00 bits per heavy atom. The summed E-state index contributed by atoms with van der Waals surface area (Å²) in [6, 6.07) is 8.14. The van der Waals surface area contributed by atoms with Gasteiger partial charge in [-0.1, -0.05) is 0 Å². The second-order valence-corrected chi connectivity index (χ2v) is 6.13. The Bertz CT molecular complexity index is 971. The van der Waals surface area contributed by atoms with Crippen LogP contribution < -0.4 is 5.32 Å². The number of esters is 1. The molecule has 0 unspecified atom stereocenters. The molecule has 0 bridgehead atoms. The number of thiophene rings is 1. The largest absolute Gasteiger partial charge is 0.451 e. The number of hydrogen-bond acceptors (Lipinski definition) is 4. The van der Waals surface area contributed by atoms with Gasteiger partial charge in [0.15, 0.2) is 6.61 Å². The van der Waals surface area contributed by atoms with Crippen molar-refractivity contribution >= 4 is 39.0 Å². The number of fused-ring (bicyclic) bond motifs is 1. The van der Waals surface area contributed by atoms with Gasteiger partial charge >= 0.3 is 5.97 Å². The summed E-state index contributed by atoms with van der Waals surface area (Å²) < 4.78 is 45.1. The third kappa shape index (κ3) is 3.97. The predicted octanol–water partition coefficient (Wildman–Crippen LogP) is 4.11. The summed E-state index contributed by atoms with van der Waals surface area (Å²) in [7, 11) is 0. The van der Waals surface area contributed by atoms with Gasteiger partial charge in [0.05, 0.1) is 5.69 Å². The van der Waals surface area contributed by atoms with Gasteiger partial charge in [-0.05, 0) is 41.8 Å². The topological polar surface area (TPSA) is 55.4 Å². The van der Waals surface area contributed by atoms with E-state index in [0.29, 0.717) is 10.1 Å². The Kier molecular flexibility index (Phi) is 4.71. The molecular weight excluding hydrogens is 355 g/mol. The highest BCUT2D eigenvalue weighted by atomic mass is 32.1. The molecule has 0 fully saturated rings. The van der Waals surface area contributed by atoms with Crippen molar-refractivity contribution in [2.75, 3.05) is 11.9 Å². The van der Waals surface area contributed by atoms with Crippen molar-refractivity contribution in [2.45, 2.75) is 0 Å². The highest BCUT2D eigenvalue weighted by Gasteiger charge is 2.15. The first-order valence-electron chi connectivity index (χ1n) is 7.03. The summed E-state index contributed by atoms with van der Waals surface area (Å²) >= 11 is 1.09. The van der Waals surface area contributed by atoms with Crippen LogP contribution in [0.25, 0.3) is 10.1 Å². The van der Waals surface area contributed by atoms with Crippen LogP contribution in [0.2, 0.25) is 0 Å². The van der Waals surface area contributed by atoms with Gasteiger partial charge in [-0.15, -0.1) is 11.3 Å². The van der Waals surface area contributed by atoms with Crippen LogP contribution in [0.3, 0.4) is 0 Å². The van der Waals surface area contributed by atoms with Crippen molar-refractivity contribution in [1.29, 1.82) is 0 Å². The lowest BCUT2D eigenvalue weighted by Gasteiger charge is -2.07. The summed E-state index contributed by atoms with van der Waals surface area (Å²) in [5.74, 6) is -3.54. The molecule has 0 aliphatic heterocycles. The van der Waals surface area contributed by atoms with Crippen LogP contribution in [-0.4, -0.2) is 18.5 Å². The monoisotopic (exact) mass is 365 g/mol. The molecule has 25 heavy (non-hydrogen) atoms. The minimum atomic E-state index is -0.815. The molecule has 4 nitrogen and oxygen atoms in total. The van der Waals surface area contributed by atoms with Gasteiger partial charge < -0.3 is 10.1 Å². The van der Waals surface area contributed by atoms with Gasteiger partial charge in [-0.3, -0.25) is 4.79 Å². The summed E-state index contributed by atoms with van der Waals surface area (Å²) in [4.78, 5) is 23.9. The number of anilines is 1. The van der Waals surface area contributed by atoms with E-state index in [1.807, 2.05) is 0 Å². The molecule has 0 aliphatic rings. The van der Waals surface area contributed by atoms with E-state index >= 15 is 0 Å². The van der Waals surface area contributed by atoms with Crippen molar-refractivity contribution in [3.63, 3.8) is 0 Å². The second kappa shape index (κ2) is 6.94. The molecule has 128 valence electrons. The van der Waals surface area contributed by atoms with Gasteiger partial charge in [-0.25, -0.2) is 18.0 Å². The smallest absolute Gasteiger partial charge is 0.348 e. The van der Waals surface area contributed by atoms with Gasteiger partial charge in [0.25, 0.3) is 5.91 Å². The maximum atomic E-state index is 13.4. The molecule has 8 heteroatoms. The number of nitrogens with one attached hydrogen (secondary N) is 1. The minimum absolute atomic E-state index is 0.199. The van der Waals surface area contributed by atoms with Gasteiger partial charge in [0, 0.05) is 10.8 Å². The molecule has 0 saturated carbocycles. The van der Waals surface area contributed by atoms with E-state index in [1.54, 1.807) is 0 Å². The number of benzene rings is 2. The van der Waals surface area contributed by atoms with Gasteiger partial charge in [-0.2, -0.15) is 0 Å². The van der Waals surface area contributed by atoms with Crippen molar-refractivity contribution in [1.82, 2.24) is 0 Å². The highest BCUT2D eigenvalue weighted by Crippen LogP contribution is 2.26. The van der Waals surface area contributed by atoms with E-state index in [9.17, 15) is 22.8 Å². The van der Waals surface area contributed by atoms with Crippen LogP contribution in [0, 0.1) is 17.5 Å². The fraction of sp³-hybridized carbons (Fsp3) is 0.0588. The van der Waals surface area contributed by atoms with E-state index in [0.717, 1.165) is 29.5 Å². The highest BCUT2D eigenvalue weighted by molar-refractivity contribution is 7.20. The number of carbonyl (C=O) groups is 2. The lowest BCUT2D eigenvalue weighted by molar-refractivity contribution is -0.119. The zero-order chi connectivity index (χ0) is 18.0.